The van der Waals surface area contributed by atoms with Gasteiger partial charge in [0.2, 0.25) is 23.6 Å². The third kappa shape index (κ3) is 10.6. The number of nitrogens with two attached hydrogens (primary N) is 4. The summed E-state index contributed by atoms with van der Waals surface area (Å²) in [4.78, 5) is 76.9. The van der Waals surface area contributed by atoms with Gasteiger partial charge in [-0.2, -0.15) is 0 Å². The molecule has 4 unspecified atom stereocenters. The molecule has 1 aromatic carbocycles. The van der Waals surface area contributed by atoms with Crippen molar-refractivity contribution in [3.63, 3.8) is 0 Å². The Morgan fingerprint density at radius 2 is 1.58 bits per heavy atom. The number of aromatic amines is 2. The predicted octanol–water partition coefficient (Wildman–Crippen LogP) is -2.14. The number of amides is 4. The number of hydrogen-bond acceptors (Lipinski definition) is 8. The van der Waals surface area contributed by atoms with Crippen LogP contribution in [-0.4, -0.2) is 86.3 Å². The Balaban J connectivity index is 1.73. The fourth-order valence-electron chi connectivity index (χ4n) is 4.60. The summed E-state index contributed by atoms with van der Waals surface area (Å²) in [6, 6.07) is 2.61. The lowest BCUT2D eigenvalue weighted by Crippen LogP contribution is -2.58. The molecule has 0 radical (unpaired) electrons. The zero-order chi connectivity index (χ0) is 32.9. The summed E-state index contributed by atoms with van der Waals surface area (Å²) in [5, 5.41) is 18.1. The second-order valence-corrected chi connectivity index (χ2v) is 10.4. The highest BCUT2D eigenvalue weighted by Crippen LogP contribution is 2.19. The number of benzene rings is 1. The number of carboxylic acid groups (broad SMARTS) is 1. The molecule has 3 aromatic rings. The molecule has 3 rings (SSSR count). The molecule has 0 saturated carbocycles. The average Bonchev–Trinajstić information content (AvgIpc) is 3.66. The first-order chi connectivity index (χ1) is 21.4. The average molecular weight is 626 g/mol. The van der Waals surface area contributed by atoms with Crippen LogP contribution in [0.1, 0.15) is 36.9 Å². The van der Waals surface area contributed by atoms with E-state index in [4.69, 9.17) is 22.9 Å². The van der Waals surface area contributed by atoms with Crippen molar-refractivity contribution in [1.29, 1.82) is 0 Å². The number of primary amides is 1. The number of nitrogens with one attached hydrogen (secondary N) is 5. The number of hydrogen-bond donors (Lipinski definition) is 10. The lowest BCUT2D eigenvalue weighted by Gasteiger charge is -2.25. The highest BCUT2D eigenvalue weighted by molar-refractivity contribution is 5.95. The molecule has 0 aliphatic carbocycles. The van der Waals surface area contributed by atoms with Crippen LogP contribution in [0.5, 0.6) is 0 Å². The number of H-pyrrole nitrogens is 2. The Labute approximate surface area is 258 Å². The Bertz CT molecular complexity index is 1500. The Morgan fingerprint density at radius 3 is 2.24 bits per heavy atom. The molecule has 0 spiro atoms. The van der Waals surface area contributed by atoms with Crippen LogP contribution in [0.15, 0.2) is 48.0 Å². The summed E-state index contributed by atoms with van der Waals surface area (Å²) in [7, 11) is 0. The van der Waals surface area contributed by atoms with Gasteiger partial charge in [-0.3, -0.25) is 24.2 Å². The van der Waals surface area contributed by atoms with E-state index in [2.05, 4.69) is 35.9 Å². The second-order valence-electron chi connectivity index (χ2n) is 10.4. The van der Waals surface area contributed by atoms with Crippen molar-refractivity contribution in [2.45, 2.75) is 62.7 Å². The Hall–Kier alpha value is -5.45. The summed E-state index contributed by atoms with van der Waals surface area (Å²) in [6.45, 7) is 0.140. The Kier molecular flexibility index (Phi) is 12.4. The molecular formula is C28H39N11O6. The minimum atomic E-state index is -1.36. The molecule has 45 heavy (non-hydrogen) atoms. The number of carbonyl (C=O) groups is 5. The molecule has 0 fully saturated rings. The normalized spacial score (nSPS) is 13.6. The smallest absolute Gasteiger partial charge is 0.326 e. The SMILES string of the molecule is NC(=O)CCC(NC(=O)C(Cc1cnc[nH]1)NC(=O)C(N)Cc1c[nH]c2ccccc12)C(=O)NC(CCCN=C(N)N)C(=O)O. The molecule has 14 N–H and O–H groups in total. The van der Waals surface area contributed by atoms with E-state index >= 15 is 0 Å². The van der Waals surface area contributed by atoms with Crippen molar-refractivity contribution in [3.8, 4) is 0 Å². The minimum absolute atomic E-state index is 0.0127. The highest BCUT2D eigenvalue weighted by atomic mass is 16.4. The van der Waals surface area contributed by atoms with E-state index in [1.54, 1.807) is 6.20 Å². The van der Waals surface area contributed by atoms with Crippen molar-refractivity contribution in [1.82, 2.24) is 30.9 Å². The number of fused-ring (bicyclic) bond motifs is 1. The van der Waals surface area contributed by atoms with Gasteiger partial charge >= 0.3 is 5.97 Å². The third-order valence-electron chi connectivity index (χ3n) is 6.94. The highest BCUT2D eigenvalue weighted by Gasteiger charge is 2.31. The van der Waals surface area contributed by atoms with Crippen LogP contribution in [0.25, 0.3) is 10.9 Å². The van der Waals surface area contributed by atoms with Gasteiger partial charge in [0.25, 0.3) is 0 Å². The van der Waals surface area contributed by atoms with E-state index < -0.39 is 53.8 Å². The van der Waals surface area contributed by atoms with Gasteiger partial charge in [-0.1, -0.05) is 18.2 Å². The summed E-state index contributed by atoms with van der Waals surface area (Å²) in [5.41, 5.74) is 24.3. The first-order valence-electron chi connectivity index (χ1n) is 14.2. The monoisotopic (exact) mass is 625 g/mol. The number of imidazole rings is 1. The van der Waals surface area contributed by atoms with Crippen molar-refractivity contribution in [3.05, 3.63) is 54.2 Å². The summed E-state index contributed by atoms with van der Waals surface area (Å²) in [5.74, 6) is -4.47. The quantitative estimate of drug-likeness (QED) is 0.0415. The number of rotatable bonds is 18. The maximum absolute atomic E-state index is 13.5. The molecule has 17 heteroatoms. The van der Waals surface area contributed by atoms with Crippen LogP contribution in [0, 0.1) is 0 Å². The van der Waals surface area contributed by atoms with Crippen LogP contribution in [0.4, 0.5) is 0 Å². The Morgan fingerprint density at radius 1 is 0.889 bits per heavy atom. The lowest BCUT2D eigenvalue weighted by molar-refractivity contribution is -0.142. The standard InChI is InChI=1S/C28H39N11O6/c29-18(10-15-12-35-19-5-2-1-4-17(15)19)24(41)39-22(11-16-13-33-14-36-16)26(43)37-20(7-8-23(30)40)25(42)38-21(27(44)45)6-3-9-34-28(31)32/h1-2,4-5,12-14,18,20-22,35H,3,6-11,29H2,(H2,30,40)(H,33,36)(H,37,43)(H,38,42)(H,39,41)(H,44,45)(H4,31,32,34). The van der Waals surface area contributed by atoms with Crippen molar-refractivity contribution < 1.29 is 29.1 Å². The van der Waals surface area contributed by atoms with Gasteiger partial charge in [0.05, 0.1) is 12.4 Å². The van der Waals surface area contributed by atoms with Gasteiger partial charge in [-0.05, 0) is 37.3 Å². The van der Waals surface area contributed by atoms with Gasteiger partial charge in [0.15, 0.2) is 5.96 Å². The number of nitrogens with zero attached hydrogens (tertiary/aromatic N) is 2. The zero-order valence-electron chi connectivity index (χ0n) is 24.5. The molecule has 17 nitrogen and oxygen atoms in total. The largest absolute Gasteiger partial charge is 0.480 e. The third-order valence-corrected chi connectivity index (χ3v) is 6.94. The molecule has 0 saturated heterocycles. The van der Waals surface area contributed by atoms with Gasteiger partial charge in [0.1, 0.15) is 18.1 Å². The molecule has 0 aliphatic heterocycles. The van der Waals surface area contributed by atoms with Gasteiger partial charge in [0, 0.05) is 48.4 Å². The minimum Gasteiger partial charge on any atom is -0.480 e. The van der Waals surface area contributed by atoms with Crippen molar-refractivity contribution >= 4 is 46.5 Å². The number of carboxylic acids is 1. The maximum atomic E-state index is 13.5. The van der Waals surface area contributed by atoms with E-state index in [0.717, 1.165) is 16.5 Å². The zero-order valence-corrected chi connectivity index (χ0v) is 24.5. The molecule has 2 aromatic heterocycles. The lowest BCUT2D eigenvalue weighted by atomic mass is 10.0. The van der Waals surface area contributed by atoms with E-state index in [1.165, 1.54) is 12.5 Å². The summed E-state index contributed by atoms with van der Waals surface area (Å²) < 4.78 is 0. The fourth-order valence-corrected chi connectivity index (χ4v) is 4.60. The van der Waals surface area contributed by atoms with Crippen LogP contribution >= 0.6 is 0 Å². The number of para-hydroxylation sites is 1. The first-order valence-corrected chi connectivity index (χ1v) is 14.2. The number of guanidine groups is 1. The van der Waals surface area contributed by atoms with Crippen LogP contribution in [-0.2, 0) is 36.8 Å². The number of aliphatic carboxylic acids is 1. The number of aliphatic imine (C=N–C) groups is 1. The summed E-state index contributed by atoms with van der Waals surface area (Å²) in [6.07, 6.45) is 4.49. The van der Waals surface area contributed by atoms with Crippen LogP contribution in [0.3, 0.4) is 0 Å². The molecular weight excluding hydrogens is 586 g/mol. The van der Waals surface area contributed by atoms with Crippen molar-refractivity contribution in [2.24, 2.45) is 27.9 Å². The van der Waals surface area contributed by atoms with Gasteiger partial charge in [-0.25, -0.2) is 9.78 Å². The molecule has 4 atom stereocenters. The maximum Gasteiger partial charge on any atom is 0.326 e. The second kappa shape index (κ2) is 16.4. The van der Waals surface area contributed by atoms with Gasteiger partial charge in [-0.15, -0.1) is 0 Å². The fraction of sp³-hybridized carbons (Fsp3) is 0.393. The first kappa shape index (κ1) is 34.0. The van der Waals surface area contributed by atoms with Gasteiger partial charge < -0.3 is 54.0 Å². The molecule has 242 valence electrons. The molecule has 0 aliphatic rings. The van der Waals surface area contributed by atoms with E-state index in [0.29, 0.717) is 5.69 Å². The van der Waals surface area contributed by atoms with E-state index in [1.807, 2.05) is 24.3 Å². The molecule has 4 amide bonds. The molecule has 0 bridgehead atoms. The van der Waals surface area contributed by atoms with Crippen LogP contribution in [0.2, 0.25) is 0 Å². The van der Waals surface area contributed by atoms with E-state index in [9.17, 15) is 29.1 Å². The summed E-state index contributed by atoms with van der Waals surface area (Å²) >= 11 is 0. The topological polar surface area (TPSA) is 303 Å². The number of aromatic nitrogens is 3. The van der Waals surface area contributed by atoms with E-state index in [-0.39, 0.29) is 51.0 Å². The number of carbonyl (C=O) groups excluding carboxylic acids is 4. The predicted molar refractivity (Wildman–Crippen MR) is 164 cm³/mol. The molecule has 2 heterocycles. The van der Waals surface area contributed by atoms with Crippen molar-refractivity contribution in [2.75, 3.05) is 6.54 Å². The van der Waals surface area contributed by atoms with Crippen LogP contribution < -0.4 is 38.9 Å².